The molecule has 0 spiro atoms. The Bertz CT molecular complexity index is 2760. The average Bonchev–Trinajstić information content (AvgIpc) is 3.25. The van der Waals surface area contributed by atoms with E-state index in [0.717, 1.165) is 0 Å². The third kappa shape index (κ3) is 14.0. The molecule has 0 aliphatic rings. The molecule has 17 heteroatoms. The Kier molecular flexibility index (Phi) is 17.1. The Morgan fingerprint density at radius 2 is 1.06 bits per heavy atom. The summed E-state index contributed by atoms with van der Waals surface area (Å²) in [6.07, 6.45) is 2.68. The highest BCUT2D eigenvalue weighted by Crippen LogP contribution is 2.34. The van der Waals surface area contributed by atoms with Crippen LogP contribution in [0.3, 0.4) is 0 Å². The lowest BCUT2D eigenvalue weighted by molar-refractivity contribution is -0.136. The lowest BCUT2D eigenvalue weighted by atomic mass is 9.88. The zero-order chi connectivity index (χ0) is 46.5. The SMILES string of the molecule is COc1cc(-c2cc(F)cc(C(C)C)c2CC(=O)NS(=O)(=O)c2ccccc2)ccn1.COc1cc(-c2cc(F)cc(C(C)C)c2CC(=O)O)ccn1.NS(=O)(=O)c1ccccc1. The Morgan fingerprint density at radius 1 is 0.651 bits per heavy atom. The number of amides is 1. The summed E-state index contributed by atoms with van der Waals surface area (Å²) in [4.78, 5) is 32.2. The molecule has 0 unspecified atom stereocenters. The zero-order valence-corrected chi connectivity index (χ0v) is 37.0. The number of hydrogen-bond acceptors (Lipinski definition) is 10. The molecular weight excluding hydrogens is 855 g/mol. The number of nitrogens with one attached hydrogen (secondary N) is 1. The van der Waals surface area contributed by atoms with Gasteiger partial charge in [0, 0.05) is 24.5 Å². The second kappa shape index (κ2) is 22.0. The van der Waals surface area contributed by atoms with Gasteiger partial charge in [-0.2, -0.15) is 0 Å². The molecule has 0 fully saturated rings. The summed E-state index contributed by atoms with van der Waals surface area (Å²) in [5.41, 5.74) is 4.84. The summed E-state index contributed by atoms with van der Waals surface area (Å²) in [5, 5.41) is 14.0. The van der Waals surface area contributed by atoms with E-state index in [1.807, 2.05) is 27.7 Å². The van der Waals surface area contributed by atoms with Crippen LogP contribution in [0.1, 0.15) is 61.8 Å². The minimum atomic E-state index is -4.01. The quantitative estimate of drug-likeness (QED) is 0.101. The van der Waals surface area contributed by atoms with Gasteiger partial charge in [0.1, 0.15) is 11.6 Å². The second-order valence-corrected chi connectivity index (χ2v) is 17.7. The first-order chi connectivity index (χ1) is 29.7. The van der Waals surface area contributed by atoms with Crippen molar-refractivity contribution >= 4 is 31.9 Å². The Balaban J connectivity index is 0.000000235. The van der Waals surface area contributed by atoms with Gasteiger partial charge in [0.05, 0.1) is 36.9 Å². The van der Waals surface area contributed by atoms with Crippen LogP contribution in [-0.4, -0.2) is 58.0 Å². The van der Waals surface area contributed by atoms with Crippen LogP contribution in [0.4, 0.5) is 8.78 Å². The molecule has 0 saturated carbocycles. The van der Waals surface area contributed by atoms with Crippen molar-refractivity contribution in [1.29, 1.82) is 0 Å². The molecule has 0 bridgehead atoms. The van der Waals surface area contributed by atoms with E-state index in [1.54, 1.807) is 66.9 Å². The largest absolute Gasteiger partial charge is 0.481 e. The first-order valence-corrected chi connectivity index (χ1v) is 22.3. The van der Waals surface area contributed by atoms with E-state index in [-0.39, 0.29) is 40.3 Å². The maximum absolute atomic E-state index is 14.4. The number of nitrogens with two attached hydrogens (primary N) is 1. The fraction of sp³-hybridized carbons (Fsp3) is 0.217. The van der Waals surface area contributed by atoms with Crippen molar-refractivity contribution in [1.82, 2.24) is 14.7 Å². The summed E-state index contributed by atoms with van der Waals surface area (Å²) in [7, 11) is -4.55. The summed E-state index contributed by atoms with van der Waals surface area (Å²) in [5.74, 6) is -1.82. The van der Waals surface area contributed by atoms with Gasteiger partial charge in [-0.3, -0.25) is 9.59 Å². The molecule has 6 rings (SSSR count). The monoisotopic (exact) mass is 902 g/mol. The van der Waals surface area contributed by atoms with Crippen molar-refractivity contribution in [3.05, 3.63) is 155 Å². The van der Waals surface area contributed by atoms with Crippen LogP contribution in [0.15, 0.2) is 131 Å². The molecule has 4 aromatic carbocycles. The molecule has 4 N–H and O–H groups in total. The molecular formula is C46H48F2N4O9S2. The van der Waals surface area contributed by atoms with Gasteiger partial charge < -0.3 is 14.6 Å². The fourth-order valence-electron chi connectivity index (χ4n) is 6.40. The van der Waals surface area contributed by atoms with Crippen LogP contribution in [0.25, 0.3) is 22.3 Å². The first-order valence-electron chi connectivity index (χ1n) is 19.3. The number of nitrogens with zero attached hydrogens (tertiary/aromatic N) is 2. The van der Waals surface area contributed by atoms with Crippen molar-refractivity contribution in [2.24, 2.45) is 5.14 Å². The normalized spacial score (nSPS) is 11.2. The number of rotatable bonds is 13. The topological polar surface area (TPSA) is 205 Å². The Labute approximate surface area is 366 Å². The summed E-state index contributed by atoms with van der Waals surface area (Å²) in [6.45, 7) is 7.59. The average molecular weight is 903 g/mol. The number of sulfonamides is 2. The van der Waals surface area contributed by atoms with Crippen LogP contribution >= 0.6 is 0 Å². The van der Waals surface area contributed by atoms with Gasteiger partial charge in [0.25, 0.3) is 10.0 Å². The van der Waals surface area contributed by atoms with Crippen LogP contribution in [-0.2, 0) is 42.5 Å². The number of carbonyl (C=O) groups is 2. The summed E-state index contributed by atoms with van der Waals surface area (Å²) in [6, 6.07) is 27.7. The second-order valence-electron chi connectivity index (χ2n) is 14.5. The number of methoxy groups -OCH3 is 2. The number of benzene rings is 4. The van der Waals surface area contributed by atoms with Crippen LogP contribution < -0.4 is 19.3 Å². The van der Waals surface area contributed by atoms with Gasteiger partial charge in [-0.1, -0.05) is 64.1 Å². The molecule has 1 amide bonds. The Hall–Kier alpha value is -6.56. The zero-order valence-electron chi connectivity index (χ0n) is 35.4. The molecule has 2 heterocycles. The van der Waals surface area contributed by atoms with Gasteiger partial charge >= 0.3 is 5.97 Å². The van der Waals surface area contributed by atoms with E-state index >= 15 is 0 Å². The fourth-order valence-corrected chi connectivity index (χ4v) is 7.94. The number of primary sulfonamides is 1. The van der Waals surface area contributed by atoms with E-state index in [9.17, 15) is 40.3 Å². The molecule has 6 aromatic rings. The molecule has 63 heavy (non-hydrogen) atoms. The minimum Gasteiger partial charge on any atom is -0.481 e. The molecule has 13 nitrogen and oxygen atoms in total. The van der Waals surface area contributed by atoms with Gasteiger partial charge in [0.15, 0.2) is 0 Å². The first kappa shape index (κ1) is 49.1. The van der Waals surface area contributed by atoms with Crippen LogP contribution in [0, 0.1) is 11.6 Å². The van der Waals surface area contributed by atoms with Gasteiger partial charge in [-0.05, 0) is 117 Å². The molecule has 332 valence electrons. The van der Waals surface area contributed by atoms with Gasteiger partial charge in [-0.25, -0.2) is 45.4 Å². The standard InChI is InChI=1S/C23H23FN2O4S.C17H18FNO3.C6H7NO2S/c1-15(2)19-12-17(24)13-20(16-9-10-25-23(11-16)30-3)21(19)14-22(27)26-31(28,29)18-7-5-4-6-8-18;1-10(2)13-7-12(18)8-14(15(13)9-17(20)21)11-4-5-19-16(6-11)22-3;7-10(8,9)6-4-2-1-3-5-6/h4-13,15H,14H2,1-3H3,(H,26,27);4-8,10H,9H2,1-3H3,(H,20,21);1-5H,(H2,7,8,9). The van der Waals surface area contributed by atoms with Gasteiger partial charge in [-0.15, -0.1) is 0 Å². The van der Waals surface area contributed by atoms with Crippen molar-refractivity contribution in [3.63, 3.8) is 0 Å². The molecule has 0 saturated heterocycles. The third-order valence-corrected chi connectivity index (χ3v) is 11.6. The Morgan fingerprint density at radius 3 is 1.43 bits per heavy atom. The lowest BCUT2D eigenvalue weighted by Gasteiger charge is -2.18. The van der Waals surface area contributed by atoms with Crippen LogP contribution in [0.5, 0.6) is 11.8 Å². The minimum absolute atomic E-state index is 0.00867. The highest BCUT2D eigenvalue weighted by atomic mass is 32.2. The number of carboxylic acid groups (broad SMARTS) is 1. The smallest absolute Gasteiger partial charge is 0.307 e. The van der Waals surface area contributed by atoms with E-state index in [4.69, 9.17) is 14.6 Å². The number of carboxylic acids is 1. The molecule has 0 aliphatic carbocycles. The number of pyridine rings is 2. The summed E-state index contributed by atoms with van der Waals surface area (Å²) >= 11 is 0. The molecule has 0 aliphatic heterocycles. The van der Waals surface area contributed by atoms with E-state index in [2.05, 4.69) is 14.7 Å². The maximum atomic E-state index is 14.4. The number of carbonyl (C=O) groups excluding carboxylic acids is 1. The van der Waals surface area contributed by atoms with E-state index in [0.29, 0.717) is 56.3 Å². The lowest BCUT2D eigenvalue weighted by Crippen LogP contribution is -2.32. The summed E-state index contributed by atoms with van der Waals surface area (Å²) < 4.78 is 87.0. The highest BCUT2D eigenvalue weighted by Gasteiger charge is 2.23. The van der Waals surface area contributed by atoms with Crippen molar-refractivity contribution in [3.8, 4) is 34.0 Å². The predicted molar refractivity (Wildman–Crippen MR) is 235 cm³/mol. The molecule has 0 radical (unpaired) electrons. The predicted octanol–water partition coefficient (Wildman–Crippen LogP) is 8.05. The maximum Gasteiger partial charge on any atom is 0.307 e. The molecule has 0 atom stereocenters. The number of ether oxygens (including phenoxy) is 2. The number of aromatic nitrogens is 2. The van der Waals surface area contributed by atoms with Gasteiger partial charge in [0.2, 0.25) is 27.7 Å². The van der Waals surface area contributed by atoms with E-state index < -0.39 is 37.7 Å². The number of hydrogen-bond donors (Lipinski definition) is 3. The third-order valence-electron chi connectivity index (χ3n) is 9.29. The van der Waals surface area contributed by atoms with Crippen molar-refractivity contribution in [2.75, 3.05) is 14.2 Å². The molecule has 2 aromatic heterocycles. The number of aliphatic carboxylic acids is 1. The van der Waals surface area contributed by atoms with Crippen molar-refractivity contribution < 1.29 is 49.8 Å². The van der Waals surface area contributed by atoms with E-state index in [1.165, 1.54) is 68.9 Å². The van der Waals surface area contributed by atoms with Crippen LogP contribution in [0.2, 0.25) is 0 Å². The number of halogens is 2. The highest BCUT2D eigenvalue weighted by molar-refractivity contribution is 7.90. The van der Waals surface area contributed by atoms with Crippen molar-refractivity contribution in [2.45, 2.75) is 62.2 Å².